The summed E-state index contributed by atoms with van der Waals surface area (Å²) >= 11 is 1.58. The zero-order valence-electron chi connectivity index (χ0n) is 11.9. The van der Waals surface area contributed by atoms with Crippen LogP contribution in [0.15, 0.2) is 59.5 Å². The Morgan fingerprint density at radius 3 is 2.35 bits per heavy atom. The van der Waals surface area contributed by atoms with E-state index < -0.39 is 0 Å². The quantitative estimate of drug-likeness (QED) is 0.780. The average molecular weight is 285 g/mol. The van der Waals surface area contributed by atoms with Crippen molar-refractivity contribution < 1.29 is 4.79 Å². The van der Waals surface area contributed by atoms with Gasteiger partial charge in [0.15, 0.2) is 0 Å². The van der Waals surface area contributed by atoms with E-state index in [-0.39, 0.29) is 5.91 Å². The Kier molecular flexibility index (Phi) is 5.24. The molecule has 0 fully saturated rings. The molecular formula is C17H19NOS. The van der Waals surface area contributed by atoms with Gasteiger partial charge >= 0.3 is 0 Å². The number of carbonyl (C=O) groups is 1. The normalized spacial score (nSPS) is 10.3. The summed E-state index contributed by atoms with van der Waals surface area (Å²) in [5.41, 5.74) is 2.40. The van der Waals surface area contributed by atoms with E-state index in [1.54, 1.807) is 16.7 Å². The maximum absolute atomic E-state index is 12.1. The van der Waals surface area contributed by atoms with Gasteiger partial charge in [0.05, 0.1) is 5.75 Å². The van der Waals surface area contributed by atoms with Crippen LogP contribution in [0.3, 0.4) is 0 Å². The van der Waals surface area contributed by atoms with Gasteiger partial charge in [0.2, 0.25) is 5.91 Å². The van der Waals surface area contributed by atoms with Crippen molar-refractivity contribution in [1.82, 2.24) is 4.90 Å². The lowest BCUT2D eigenvalue weighted by atomic mass is 10.1. The third-order valence-corrected chi connectivity index (χ3v) is 4.07. The second kappa shape index (κ2) is 7.15. The summed E-state index contributed by atoms with van der Waals surface area (Å²) in [6.07, 6.45) is 0. The van der Waals surface area contributed by atoms with Crippen molar-refractivity contribution >= 4 is 17.7 Å². The molecule has 0 spiro atoms. The van der Waals surface area contributed by atoms with Crippen molar-refractivity contribution in [2.75, 3.05) is 12.8 Å². The molecule has 0 aromatic heterocycles. The fraction of sp³-hybridized carbons (Fsp3) is 0.235. The van der Waals surface area contributed by atoms with Crippen LogP contribution >= 0.6 is 11.8 Å². The van der Waals surface area contributed by atoms with Gasteiger partial charge in [-0.2, -0.15) is 0 Å². The molecule has 0 unspecified atom stereocenters. The van der Waals surface area contributed by atoms with Gasteiger partial charge in [-0.1, -0.05) is 48.0 Å². The molecule has 2 rings (SSSR count). The first-order valence-corrected chi connectivity index (χ1v) is 7.61. The van der Waals surface area contributed by atoms with Crippen LogP contribution in [0.4, 0.5) is 0 Å². The highest BCUT2D eigenvalue weighted by Crippen LogP contribution is 2.17. The molecule has 3 heteroatoms. The highest BCUT2D eigenvalue weighted by molar-refractivity contribution is 8.00. The van der Waals surface area contributed by atoms with Gasteiger partial charge < -0.3 is 4.90 Å². The maximum Gasteiger partial charge on any atom is 0.232 e. The third kappa shape index (κ3) is 4.42. The smallest absolute Gasteiger partial charge is 0.232 e. The number of amides is 1. The molecule has 0 radical (unpaired) electrons. The third-order valence-electron chi connectivity index (χ3n) is 3.07. The van der Waals surface area contributed by atoms with Crippen LogP contribution in [-0.2, 0) is 11.3 Å². The fourth-order valence-electron chi connectivity index (χ4n) is 1.83. The summed E-state index contributed by atoms with van der Waals surface area (Å²) in [4.78, 5) is 15.0. The Bertz CT molecular complexity index is 551. The molecular weight excluding hydrogens is 266 g/mol. The zero-order valence-corrected chi connectivity index (χ0v) is 12.7. The molecule has 0 aliphatic heterocycles. The van der Waals surface area contributed by atoms with Crippen LogP contribution in [0.5, 0.6) is 0 Å². The second-order valence-electron chi connectivity index (χ2n) is 4.84. The Morgan fingerprint density at radius 1 is 1.05 bits per heavy atom. The van der Waals surface area contributed by atoms with Gasteiger partial charge in [-0.05, 0) is 24.6 Å². The van der Waals surface area contributed by atoms with Crippen molar-refractivity contribution in [2.24, 2.45) is 0 Å². The topological polar surface area (TPSA) is 20.3 Å². The summed E-state index contributed by atoms with van der Waals surface area (Å²) in [6, 6.07) is 18.3. The van der Waals surface area contributed by atoms with Gasteiger partial charge in [-0.3, -0.25) is 4.79 Å². The van der Waals surface area contributed by atoms with Gasteiger partial charge in [0.1, 0.15) is 0 Å². The number of nitrogens with zero attached hydrogens (tertiary/aromatic N) is 1. The minimum absolute atomic E-state index is 0.152. The Balaban J connectivity index is 1.84. The summed E-state index contributed by atoms with van der Waals surface area (Å²) < 4.78 is 0. The van der Waals surface area contributed by atoms with E-state index in [0.29, 0.717) is 12.3 Å². The lowest BCUT2D eigenvalue weighted by molar-refractivity contribution is -0.127. The van der Waals surface area contributed by atoms with Gasteiger partial charge in [0.25, 0.3) is 0 Å². The number of benzene rings is 2. The average Bonchev–Trinajstić information content (AvgIpc) is 2.48. The summed E-state index contributed by atoms with van der Waals surface area (Å²) in [6.45, 7) is 2.73. The van der Waals surface area contributed by atoms with Crippen LogP contribution in [-0.4, -0.2) is 23.6 Å². The molecule has 2 nitrogen and oxygen atoms in total. The summed E-state index contributed by atoms with van der Waals surface area (Å²) in [5, 5.41) is 0. The van der Waals surface area contributed by atoms with Gasteiger partial charge in [-0.25, -0.2) is 0 Å². The first-order chi connectivity index (χ1) is 9.65. The SMILES string of the molecule is Cc1ccc(CN(C)C(=O)CSc2ccccc2)cc1. The number of aryl methyl sites for hydroxylation is 1. The van der Waals surface area contributed by atoms with Crippen molar-refractivity contribution in [1.29, 1.82) is 0 Å². The van der Waals surface area contributed by atoms with E-state index in [2.05, 4.69) is 31.2 Å². The Labute approximate surface area is 124 Å². The van der Waals surface area contributed by atoms with Crippen LogP contribution in [0.1, 0.15) is 11.1 Å². The van der Waals surface area contributed by atoms with E-state index in [0.717, 1.165) is 10.5 Å². The van der Waals surface area contributed by atoms with Crippen molar-refractivity contribution in [2.45, 2.75) is 18.4 Å². The van der Waals surface area contributed by atoms with Crippen molar-refractivity contribution in [3.63, 3.8) is 0 Å². The van der Waals surface area contributed by atoms with E-state index in [1.807, 2.05) is 37.4 Å². The molecule has 0 N–H and O–H groups in total. The van der Waals surface area contributed by atoms with Gasteiger partial charge in [-0.15, -0.1) is 11.8 Å². The lowest BCUT2D eigenvalue weighted by Gasteiger charge is -2.17. The van der Waals surface area contributed by atoms with Crippen molar-refractivity contribution in [3.05, 3.63) is 65.7 Å². The molecule has 104 valence electrons. The minimum Gasteiger partial charge on any atom is -0.341 e. The number of thioether (sulfide) groups is 1. The molecule has 2 aromatic rings. The van der Waals surface area contributed by atoms with Crippen LogP contribution in [0, 0.1) is 6.92 Å². The molecule has 0 heterocycles. The molecule has 1 amide bonds. The summed E-state index contributed by atoms with van der Waals surface area (Å²) in [5.74, 6) is 0.631. The predicted molar refractivity (Wildman–Crippen MR) is 84.8 cm³/mol. The lowest BCUT2D eigenvalue weighted by Crippen LogP contribution is -2.27. The first kappa shape index (κ1) is 14.7. The van der Waals surface area contributed by atoms with E-state index in [9.17, 15) is 4.79 Å². The summed E-state index contributed by atoms with van der Waals surface area (Å²) in [7, 11) is 1.85. The monoisotopic (exact) mass is 285 g/mol. The molecule has 0 aliphatic rings. The second-order valence-corrected chi connectivity index (χ2v) is 5.89. The highest BCUT2D eigenvalue weighted by atomic mass is 32.2. The minimum atomic E-state index is 0.152. The first-order valence-electron chi connectivity index (χ1n) is 6.62. The Hall–Kier alpha value is -1.74. The number of carbonyl (C=O) groups excluding carboxylic acids is 1. The molecule has 20 heavy (non-hydrogen) atoms. The molecule has 2 aromatic carbocycles. The zero-order chi connectivity index (χ0) is 14.4. The Morgan fingerprint density at radius 2 is 1.70 bits per heavy atom. The van der Waals surface area contributed by atoms with Crippen LogP contribution < -0.4 is 0 Å². The molecule has 0 saturated heterocycles. The van der Waals surface area contributed by atoms with Crippen molar-refractivity contribution in [3.8, 4) is 0 Å². The number of rotatable bonds is 5. The standard InChI is InChI=1S/C17H19NOS/c1-14-8-10-15(11-9-14)12-18(2)17(19)13-20-16-6-4-3-5-7-16/h3-11H,12-13H2,1-2H3. The van der Waals surface area contributed by atoms with Gasteiger partial charge in [0, 0.05) is 18.5 Å². The molecule has 0 saturated carbocycles. The van der Waals surface area contributed by atoms with Crippen LogP contribution in [0.2, 0.25) is 0 Å². The molecule has 0 bridgehead atoms. The molecule has 0 atom stereocenters. The highest BCUT2D eigenvalue weighted by Gasteiger charge is 2.09. The van der Waals surface area contributed by atoms with E-state index in [1.165, 1.54) is 5.56 Å². The maximum atomic E-state index is 12.1. The largest absolute Gasteiger partial charge is 0.341 e. The number of hydrogen-bond donors (Lipinski definition) is 0. The van der Waals surface area contributed by atoms with E-state index in [4.69, 9.17) is 0 Å². The number of hydrogen-bond acceptors (Lipinski definition) is 2. The fourth-order valence-corrected chi connectivity index (χ4v) is 2.69. The van der Waals surface area contributed by atoms with Crippen LogP contribution in [0.25, 0.3) is 0 Å². The predicted octanol–water partition coefficient (Wildman–Crippen LogP) is 3.75. The molecule has 0 aliphatic carbocycles. The van der Waals surface area contributed by atoms with E-state index >= 15 is 0 Å².